The predicted octanol–water partition coefficient (Wildman–Crippen LogP) is 5.47. The van der Waals surface area contributed by atoms with Gasteiger partial charge in [0.05, 0.1) is 30.4 Å². The summed E-state index contributed by atoms with van der Waals surface area (Å²) in [6, 6.07) is 11.0. The second-order valence-corrected chi connectivity index (χ2v) is 8.27. The van der Waals surface area contributed by atoms with E-state index in [1.54, 1.807) is 13.4 Å². The Morgan fingerprint density at radius 3 is 2.59 bits per heavy atom. The minimum Gasteiger partial charge on any atom is -0.494 e. The number of imidazole rings is 1. The first-order chi connectivity index (χ1) is 16.3. The quantitative estimate of drug-likeness (QED) is 0.421. The summed E-state index contributed by atoms with van der Waals surface area (Å²) in [5.41, 5.74) is 2.66. The number of nitrogens with one attached hydrogen (secondary N) is 1. The van der Waals surface area contributed by atoms with Crippen LogP contribution in [0, 0.1) is 6.92 Å². The molecule has 0 radical (unpaired) electrons. The van der Waals surface area contributed by atoms with Gasteiger partial charge in [-0.1, -0.05) is 12.1 Å². The molecule has 2 aromatic heterocycles. The second-order valence-electron chi connectivity index (χ2n) is 8.27. The maximum absolute atomic E-state index is 12.9. The van der Waals surface area contributed by atoms with E-state index in [9.17, 15) is 13.2 Å². The van der Waals surface area contributed by atoms with Crippen LogP contribution in [0.4, 0.5) is 24.8 Å². The van der Waals surface area contributed by atoms with E-state index in [1.165, 1.54) is 12.1 Å². The SMILES string of the molecule is COc1cc(Nc2nc3n(n2)CCCC3c2ccc(C(F)(F)F)cc2)ccc1-n1cnc(C)c1. The number of aryl methyl sites for hydroxylation is 2. The molecule has 1 aliphatic rings. The number of aromatic nitrogens is 5. The Morgan fingerprint density at radius 1 is 1.12 bits per heavy atom. The Morgan fingerprint density at radius 2 is 1.91 bits per heavy atom. The van der Waals surface area contributed by atoms with E-state index >= 15 is 0 Å². The number of fused-ring (bicyclic) bond motifs is 1. The van der Waals surface area contributed by atoms with Gasteiger partial charge in [0.2, 0.25) is 5.95 Å². The van der Waals surface area contributed by atoms with Crippen molar-refractivity contribution < 1.29 is 17.9 Å². The largest absolute Gasteiger partial charge is 0.494 e. The number of methoxy groups -OCH3 is 1. The van der Waals surface area contributed by atoms with Crippen LogP contribution in [-0.4, -0.2) is 31.4 Å². The van der Waals surface area contributed by atoms with Gasteiger partial charge in [-0.3, -0.25) is 0 Å². The number of anilines is 2. The molecular formula is C24H23F3N6O. The lowest BCUT2D eigenvalue weighted by Gasteiger charge is -2.22. The molecule has 7 nitrogen and oxygen atoms in total. The highest BCUT2D eigenvalue weighted by Crippen LogP contribution is 2.36. The smallest absolute Gasteiger partial charge is 0.416 e. The molecule has 4 aromatic rings. The van der Waals surface area contributed by atoms with Crippen molar-refractivity contribution in [2.75, 3.05) is 12.4 Å². The molecule has 1 atom stereocenters. The van der Waals surface area contributed by atoms with Crippen LogP contribution in [0.3, 0.4) is 0 Å². The molecule has 0 amide bonds. The predicted molar refractivity (Wildman–Crippen MR) is 121 cm³/mol. The Balaban J connectivity index is 1.39. The lowest BCUT2D eigenvalue weighted by molar-refractivity contribution is -0.137. The van der Waals surface area contributed by atoms with Gasteiger partial charge in [0.1, 0.15) is 11.6 Å². The summed E-state index contributed by atoms with van der Waals surface area (Å²) in [5, 5.41) is 7.80. The van der Waals surface area contributed by atoms with Crippen molar-refractivity contribution in [2.24, 2.45) is 0 Å². The molecule has 1 aliphatic heterocycles. The highest BCUT2D eigenvalue weighted by molar-refractivity contribution is 5.62. The number of nitrogens with zero attached hydrogens (tertiary/aromatic N) is 5. The van der Waals surface area contributed by atoms with E-state index in [-0.39, 0.29) is 5.92 Å². The molecule has 34 heavy (non-hydrogen) atoms. The summed E-state index contributed by atoms with van der Waals surface area (Å²) in [7, 11) is 1.61. The molecule has 0 fully saturated rings. The van der Waals surface area contributed by atoms with Crippen molar-refractivity contribution in [3.8, 4) is 11.4 Å². The highest BCUT2D eigenvalue weighted by Gasteiger charge is 2.31. The summed E-state index contributed by atoms with van der Waals surface area (Å²) >= 11 is 0. The first kappa shape index (κ1) is 22.0. The number of alkyl halides is 3. The normalized spacial score (nSPS) is 15.7. The lowest BCUT2D eigenvalue weighted by Crippen LogP contribution is -2.18. The maximum Gasteiger partial charge on any atom is 0.416 e. The van der Waals surface area contributed by atoms with Crippen molar-refractivity contribution >= 4 is 11.6 Å². The molecule has 0 aliphatic carbocycles. The van der Waals surface area contributed by atoms with Gasteiger partial charge in [0.15, 0.2) is 0 Å². The Kier molecular flexibility index (Phi) is 5.51. The number of hydrogen-bond donors (Lipinski definition) is 1. The van der Waals surface area contributed by atoms with E-state index in [0.717, 1.165) is 53.4 Å². The van der Waals surface area contributed by atoms with Crippen LogP contribution < -0.4 is 10.1 Å². The van der Waals surface area contributed by atoms with Gasteiger partial charge >= 0.3 is 6.18 Å². The van der Waals surface area contributed by atoms with Crippen LogP contribution >= 0.6 is 0 Å². The van der Waals surface area contributed by atoms with Crippen molar-refractivity contribution in [1.82, 2.24) is 24.3 Å². The van der Waals surface area contributed by atoms with Crippen LogP contribution in [0.1, 0.15) is 41.4 Å². The van der Waals surface area contributed by atoms with Crippen LogP contribution in [0.25, 0.3) is 5.69 Å². The number of ether oxygens (including phenoxy) is 1. The molecule has 1 N–H and O–H groups in total. The molecule has 2 aromatic carbocycles. The fourth-order valence-corrected chi connectivity index (χ4v) is 4.27. The van der Waals surface area contributed by atoms with Crippen LogP contribution in [0.2, 0.25) is 0 Å². The summed E-state index contributed by atoms with van der Waals surface area (Å²) in [5.74, 6) is 1.72. The molecule has 5 rings (SSSR count). The van der Waals surface area contributed by atoms with Crippen LogP contribution in [0.15, 0.2) is 55.0 Å². The molecule has 0 saturated heterocycles. The summed E-state index contributed by atoms with van der Waals surface area (Å²) in [6.07, 6.45) is 0.962. The van der Waals surface area contributed by atoms with Gasteiger partial charge in [-0.2, -0.15) is 18.2 Å². The number of benzene rings is 2. The minimum absolute atomic E-state index is 0.111. The number of halogens is 3. The molecule has 1 unspecified atom stereocenters. The van der Waals surface area contributed by atoms with Gasteiger partial charge in [-0.05, 0) is 49.6 Å². The molecule has 3 heterocycles. The second kappa shape index (κ2) is 8.51. The molecule has 10 heteroatoms. The first-order valence-corrected chi connectivity index (χ1v) is 10.9. The Hall–Kier alpha value is -3.82. The molecule has 0 saturated carbocycles. The molecule has 176 valence electrons. The average molecular weight is 468 g/mol. The average Bonchev–Trinajstić information content (AvgIpc) is 3.44. The third-order valence-electron chi connectivity index (χ3n) is 5.94. The van der Waals surface area contributed by atoms with Crippen molar-refractivity contribution in [1.29, 1.82) is 0 Å². The van der Waals surface area contributed by atoms with E-state index < -0.39 is 11.7 Å². The summed E-state index contributed by atoms with van der Waals surface area (Å²) in [4.78, 5) is 8.93. The monoisotopic (exact) mass is 468 g/mol. The molecular weight excluding hydrogens is 445 g/mol. The zero-order chi connectivity index (χ0) is 23.9. The van der Waals surface area contributed by atoms with Gasteiger partial charge in [-0.25, -0.2) is 9.67 Å². The third kappa shape index (κ3) is 4.23. The number of rotatable bonds is 5. The fourth-order valence-electron chi connectivity index (χ4n) is 4.27. The third-order valence-corrected chi connectivity index (χ3v) is 5.94. The zero-order valence-corrected chi connectivity index (χ0v) is 18.7. The minimum atomic E-state index is -4.35. The van der Waals surface area contributed by atoms with Gasteiger partial charge in [-0.15, -0.1) is 5.10 Å². The molecule has 0 spiro atoms. The van der Waals surface area contributed by atoms with Crippen molar-refractivity contribution in [3.63, 3.8) is 0 Å². The van der Waals surface area contributed by atoms with Crippen LogP contribution in [0.5, 0.6) is 5.75 Å². The van der Waals surface area contributed by atoms with E-state index in [1.807, 2.05) is 40.6 Å². The van der Waals surface area contributed by atoms with E-state index in [2.05, 4.69) is 20.4 Å². The molecule has 0 bridgehead atoms. The van der Waals surface area contributed by atoms with Gasteiger partial charge in [0, 0.05) is 30.4 Å². The number of hydrogen-bond acceptors (Lipinski definition) is 5. The van der Waals surface area contributed by atoms with E-state index in [4.69, 9.17) is 4.74 Å². The Labute approximate surface area is 194 Å². The lowest BCUT2D eigenvalue weighted by atomic mass is 9.90. The highest BCUT2D eigenvalue weighted by atomic mass is 19.4. The maximum atomic E-state index is 12.9. The topological polar surface area (TPSA) is 69.8 Å². The fraction of sp³-hybridized carbons (Fsp3) is 0.292. The summed E-state index contributed by atoms with van der Waals surface area (Å²) < 4.78 is 48.1. The van der Waals surface area contributed by atoms with Crippen molar-refractivity contribution in [2.45, 2.75) is 38.4 Å². The van der Waals surface area contributed by atoms with Gasteiger partial charge in [0.25, 0.3) is 0 Å². The summed E-state index contributed by atoms with van der Waals surface area (Å²) in [6.45, 7) is 2.63. The first-order valence-electron chi connectivity index (χ1n) is 10.9. The van der Waals surface area contributed by atoms with Crippen LogP contribution in [-0.2, 0) is 12.7 Å². The Bertz CT molecular complexity index is 1310. The standard InChI is InChI=1S/C24H23F3N6O/c1-15-13-32(14-28-15)20-10-9-18(12-21(20)34-2)29-23-30-22-19(4-3-11-33(22)31-23)16-5-7-17(8-6-16)24(25,26)27/h5-10,12-14,19H,3-4,11H2,1-2H3,(H,29,31). The van der Waals surface area contributed by atoms with Crippen molar-refractivity contribution in [3.05, 3.63) is 77.6 Å². The zero-order valence-electron chi connectivity index (χ0n) is 18.7. The van der Waals surface area contributed by atoms with E-state index in [0.29, 0.717) is 18.2 Å². The van der Waals surface area contributed by atoms with Gasteiger partial charge < -0.3 is 14.6 Å².